The average molecular weight is 415 g/mol. The molecule has 0 bridgehead atoms. The number of nitrogens with one attached hydrogen (secondary N) is 1. The van der Waals surface area contributed by atoms with E-state index in [1.807, 2.05) is 6.07 Å². The van der Waals surface area contributed by atoms with E-state index in [2.05, 4.69) is 5.32 Å². The molecule has 0 atom stereocenters. The van der Waals surface area contributed by atoms with E-state index in [9.17, 15) is 14.7 Å². The zero-order valence-electron chi connectivity index (χ0n) is 15.9. The van der Waals surface area contributed by atoms with Crippen LogP contribution in [0.15, 0.2) is 53.5 Å². The van der Waals surface area contributed by atoms with Gasteiger partial charge >= 0.3 is 0 Å². The number of aromatic nitrogens is 1. The van der Waals surface area contributed by atoms with Crippen LogP contribution in [0.25, 0.3) is 10.9 Å². The van der Waals surface area contributed by atoms with Gasteiger partial charge in [-0.2, -0.15) is 0 Å². The van der Waals surface area contributed by atoms with E-state index >= 15 is 0 Å². The van der Waals surface area contributed by atoms with Gasteiger partial charge in [0.2, 0.25) is 5.43 Å². The number of pyridine rings is 1. The van der Waals surface area contributed by atoms with Crippen molar-refractivity contribution in [1.82, 2.24) is 9.88 Å². The Balaban J connectivity index is 1.97. The molecule has 1 aromatic heterocycles. The van der Waals surface area contributed by atoms with Crippen LogP contribution >= 0.6 is 11.6 Å². The van der Waals surface area contributed by atoms with Crippen LogP contribution < -0.4 is 10.7 Å². The molecule has 0 unspecified atom stereocenters. The maximum Gasteiger partial charge on any atom is 0.257 e. The molecule has 29 heavy (non-hydrogen) atoms. The van der Waals surface area contributed by atoms with Crippen LogP contribution in [0.3, 0.4) is 0 Å². The summed E-state index contributed by atoms with van der Waals surface area (Å²) in [5.74, 6) is -0.473. The summed E-state index contributed by atoms with van der Waals surface area (Å²) in [6.45, 7) is 0.443. The van der Waals surface area contributed by atoms with E-state index in [4.69, 9.17) is 16.7 Å². The second-order valence-electron chi connectivity index (χ2n) is 6.74. The summed E-state index contributed by atoms with van der Waals surface area (Å²) in [6.07, 6.45) is 2.66. The van der Waals surface area contributed by atoms with Crippen LogP contribution in [0.5, 0.6) is 0 Å². The summed E-state index contributed by atoms with van der Waals surface area (Å²) in [5.41, 5.74) is 2.13. The van der Waals surface area contributed by atoms with Crippen molar-refractivity contribution in [2.75, 3.05) is 13.2 Å². The van der Waals surface area contributed by atoms with E-state index < -0.39 is 5.91 Å². The van der Waals surface area contributed by atoms with Crippen molar-refractivity contribution in [3.63, 3.8) is 0 Å². The number of rotatable bonds is 8. The molecule has 152 valence electrons. The highest BCUT2D eigenvalue weighted by atomic mass is 35.5. The fraction of sp³-hybridized carbons (Fsp3) is 0.273. The van der Waals surface area contributed by atoms with Crippen LogP contribution in [0.4, 0.5) is 0 Å². The van der Waals surface area contributed by atoms with Gasteiger partial charge in [-0.1, -0.05) is 35.9 Å². The lowest BCUT2D eigenvalue weighted by molar-refractivity contribution is 0.0949. The Morgan fingerprint density at radius 1 is 1.07 bits per heavy atom. The molecule has 0 aliphatic rings. The molecule has 3 rings (SSSR count). The molecule has 1 heterocycles. The van der Waals surface area contributed by atoms with Crippen molar-refractivity contribution in [2.45, 2.75) is 25.9 Å². The summed E-state index contributed by atoms with van der Waals surface area (Å²) < 4.78 is 1.74. The fourth-order valence-corrected chi connectivity index (χ4v) is 3.46. The third-order valence-corrected chi connectivity index (χ3v) is 4.99. The summed E-state index contributed by atoms with van der Waals surface area (Å²) in [4.78, 5) is 25.7. The monoisotopic (exact) mass is 414 g/mol. The molecule has 1 amide bonds. The number of halogens is 1. The summed E-state index contributed by atoms with van der Waals surface area (Å²) in [7, 11) is 0. The van der Waals surface area contributed by atoms with Crippen molar-refractivity contribution in [2.24, 2.45) is 0 Å². The third kappa shape index (κ3) is 4.85. The third-order valence-electron chi connectivity index (χ3n) is 4.74. The minimum Gasteiger partial charge on any atom is -0.396 e. The zero-order chi connectivity index (χ0) is 20.8. The predicted octanol–water partition coefficient (Wildman–Crippen LogP) is 2.50. The van der Waals surface area contributed by atoms with Gasteiger partial charge in [-0.3, -0.25) is 9.59 Å². The van der Waals surface area contributed by atoms with Crippen molar-refractivity contribution < 1.29 is 15.0 Å². The smallest absolute Gasteiger partial charge is 0.257 e. The Morgan fingerprint density at radius 2 is 1.83 bits per heavy atom. The number of carbonyl (C=O) groups excluding carboxylic acids is 1. The number of hydrogen-bond acceptors (Lipinski definition) is 4. The normalized spacial score (nSPS) is 11.0. The van der Waals surface area contributed by atoms with Crippen LogP contribution in [0.1, 0.15) is 27.9 Å². The lowest BCUT2D eigenvalue weighted by Crippen LogP contribution is -2.30. The maximum absolute atomic E-state index is 13.0. The topological polar surface area (TPSA) is 91.6 Å². The van der Waals surface area contributed by atoms with Gasteiger partial charge in [-0.25, -0.2) is 0 Å². The standard InChI is InChI=1S/C22H23ClN2O4/c23-17-8-6-15(7-9-17)13-24-22(29)19-14-25(10-12-27)20-16(4-2-11-26)3-1-5-18(20)21(19)28/h1,3,5-9,14,26-27H,2,4,10-13H2,(H,24,29). The largest absolute Gasteiger partial charge is 0.396 e. The SMILES string of the molecule is O=C(NCc1ccc(Cl)cc1)c1cn(CCO)c2c(CCCO)cccc2c1=O. The van der Waals surface area contributed by atoms with Gasteiger partial charge in [0.25, 0.3) is 5.91 Å². The van der Waals surface area contributed by atoms with E-state index in [0.717, 1.165) is 11.1 Å². The van der Waals surface area contributed by atoms with Gasteiger partial charge in [0, 0.05) is 36.3 Å². The summed E-state index contributed by atoms with van der Waals surface area (Å²) in [5, 5.41) is 22.4. The number of aliphatic hydroxyl groups is 2. The number of hydrogen-bond donors (Lipinski definition) is 3. The highest BCUT2D eigenvalue weighted by Gasteiger charge is 2.17. The Labute approximate surface area is 173 Å². The summed E-state index contributed by atoms with van der Waals surface area (Å²) in [6, 6.07) is 12.4. The second-order valence-corrected chi connectivity index (χ2v) is 7.17. The first-order valence-electron chi connectivity index (χ1n) is 9.44. The number of fused-ring (bicyclic) bond motifs is 1. The number of para-hydroxylation sites is 1. The fourth-order valence-electron chi connectivity index (χ4n) is 3.33. The van der Waals surface area contributed by atoms with Crippen LogP contribution in [-0.2, 0) is 19.5 Å². The minimum atomic E-state index is -0.473. The van der Waals surface area contributed by atoms with Crippen LogP contribution in [-0.4, -0.2) is 33.9 Å². The van der Waals surface area contributed by atoms with Crippen LogP contribution in [0.2, 0.25) is 5.02 Å². The Bertz CT molecular complexity index is 1060. The highest BCUT2D eigenvalue weighted by molar-refractivity contribution is 6.30. The highest BCUT2D eigenvalue weighted by Crippen LogP contribution is 2.19. The second kappa shape index (κ2) is 9.69. The molecular weight excluding hydrogens is 392 g/mol. The lowest BCUT2D eigenvalue weighted by atomic mass is 10.0. The number of benzene rings is 2. The number of carbonyl (C=O) groups is 1. The first-order valence-corrected chi connectivity index (χ1v) is 9.82. The molecule has 0 saturated heterocycles. The quantitative estimate of drug-likeness (QED) is 0.528. The van der Waals surface area contributed by atoms with Gasteiger partial charge in [0.15, 0.2) is 0 Å². The number of aryl methyl sites for hydroxylation is 1. The first kappa shape index (κ1) is 21.0. The molecule has 0 aliphatic heterocycles. The molecule has 6 nitrogen and oxygen atoms in total. The number of nitrogens with zero attached hydrogens (tertiary/aromatic N) is 1. The molecular formula is C22H23ClN2O4. The molecule has 0 saturated carbocycles. The first-order chi connectivity index (χ1) is 14.0. The average Bonchev–Trinajstić information content (AvgIpc) is 2.73. The molecule has 0 radical (unpaired) electrons. The van der Waals surface area contributed by atoms with E-state index in [0.29, 0.717) is 28.8 Å². The lowest BCUT2D eigenvalue weighted by Gasteiger charge is -2.16. The Morgan fingerprint density at radius 3 is 2.52 bits per heavy atom. The molecule has 0 spiro atoms. The minimum absolute atomic E-state index is 0.0271. The Hall–Kier alpha value is -2.67. The van der Waals surface area contributed by atoms with Gasteiger partial charge in [-0.15, -0.1) is 0 Å². The number of amides is 1. The van der Waals surface area contributed by atoms with Gasteiger partial charge in [-0.05, 0) is 42.2 Å². The summed E-state index contributed by atoms with van der Waals surface area (Å²) >= 11 is 5.87. The molecule has 0 aliphatic carbocycles. The van der Waals surface area contributed by atoms with Gasteiger partial charge < -0.3 is 20.1 Å². The van der Waals surface area contributed by atoms with Crippen molar-refractivity contribution in [3.8, 4) is 0 Å². The maximum atomic E-state index is 13.0. The van der Waals surface area contributed by atoms with E-state index in [1.54, 1.807) is 41.0 Å². The van der Waals surface area contributed by atoms with Crippen molar-refractivity contribution in [1.29, 1.82) is 0 Å². The molecule has 0 fully saturated rings. The van der Waals surface area contributed by atoms with Crippen molar-refractivity contribution >= 4 is 28.4 Å². The Kier molecular flexibility index (Phi) is 7.04. The molecule has 7 heteroatoms. The van der Waals surface area contributed by atoms with Crippen LogP contribution in [0, 0.1) is 0 Å². The van der Waals surface area contributed by atoms with Gasteiger partial charge in [0.1, 0.15) is 5.56 Å². The molecule has 3 aromatic rings. The zero-order valence-corrected chi connectivity index (χ0v) is 16.7. The van der Waals surface area contributed by atoms with Gasteiger partial charge in [0.05, 0.1) is 12.1 Å². The molecule has 2 aromatic carbocycles. The predicted molar refractivity (Wildman–Crippen MR) is 113 cm³/mol. The number of aliphatic hydroxyl groups excluding tert-OH is 2. The molecule has 3 N–H and O–H groups in total. The van der Waals surface area contributed by atoms with E-state index in [-0.39, 0.29) is 37.3 Å². The van der Waals surface area contributed by atoms with E-state index in [1.165, 1.54) is 6.20 Å². The van der Waals surface area contributed by atoms with Crippen molar-refractivity contribution in [3.05, 3.63) is 80.6 Å².